The van der Waals surface area contributed by atoms with Crippen LogP contribution in [-0.2, 0) is 13.0 Å². The van der Waals surface area contributed by atoms with Crippen LogP contribution < -0.4 is 5.32 Å². The lowest BCUT2D eigenvalue weighted by molar-refractivity contribution is 0.447. The predicted octanol–water partition coefficient (Wildman–Crippen LogP) is 4.36. The fourth-order valence-electron chi connectivity index (χ4n) is 3.16. The Hall–Kier alpha value is -1.44. The molecule has 2 aromatic rings. The van der Waals surface area contributed by atoms with Gasteiger partial charge in [0.05, 0.1) is 12.5 Å². The van der Waals surface area contributed by atoms with Crippen LogP contribution in [0, 0.1) is 6.92 Å². The van der Waals surface area contributed by atoms with E-state index in [0.29, 0.717) is 6.04 Å². The normalized spacial score (nSPS) is 15.2. The molecule has 6 heteroatoms. The fourth-order valence-corrected chi connectivity index (χ4v) is 3.16. The first-order valence-corrected chi connectivity index (χ1v) is 8.80. The van der Waals surface area contributed by atoms with Crippen LogP contribution in [0.3, 0.4) is 0 Å². The maximum Gasteiger partial charge on any atom is 0.194 e. The summed E-state index contributed by atoms with van der Waals surface area (Å²) in [6, 6.07) is 6.49. The summed E-state index contributed by atoms with van der Waals surface area (Å²) in [5.74, 6) is 2.92. The maximum absolute atomic E-state index is 5.41. The van der Waals surface area contributed by atoms with Gasteiger partial charge in [-0.15, -0.1) is 24.0 Å². The van der Waals surface area contributed by atoms with Crippen molar-refractivity contribution in [3.63, 3.8) is 0 Å². The van der Waals surface area contributed by atoms with Crippen molar-refractivity contribution in [2.24, 2.45) is 4.99 Å². The molecule has 0 radical (unpaired) electrons. The minimum atomic E-state index is 0. The number of halogens is 1. The lowest BCUT2D eigenvalue weighted by Gasteiger charge is -2.25. The van der Waals surface area contributed by atoms with Gasteiger partial charge in [0.1, 0.15) is 11.5 Å². The molecule has 0 unspecified atom stereocenters. The summed E-state index contributed by atoms with van der Waals surface area (Å²) in [5, 5.41) is 3.64. The van der Waals surface area contributed by atoms with Gasteiger partial charge >= 0.3 is 0 Å². The second-order valence-electron chi connectivity index (χ2n) is 6.52. The number of hydrogen-bond acceptors (Lipinski definition) is 3. The van der Waals surface area contributed by atoms with Crippen LogP contribution in [0.15, 0.2) is 44.6 Å². The quantitative estimate of drug-likeness (QED) is 0.398. The van der Waals surface area contributed by atoms with Crippen molar-refractivity contribution in [3.05, 3.63) is 47.8 Å². The van der Waals surface area contributed by atoms with Gasteiger partial charge in [0.15, 0.2) is 5.96 Å². The van der Waals surface area contributed by atoms with Crippen LogP contribution in [-0.4, -0.2) is 30.5 Å². The number of hydrogen-bond donors (Lipinski definition) is 1. The van der Waals surface area contributed by atoms with Gasteiger partial charge in [0, 0.05) is 38.2 Å². The summed E-state index contributed by atoms with van der Waals surface area (Å²) in [6.07, 6.45) is 9.36. The van der Waals surface area contributed by atoms with E-state index in [-0.39, 0.29) is 24.0 Å². The number of aryl methyl sites for hydroxylation is 1. The summed E-state index contributed by atoms with van der Waals surface area (Å²) in [7, 11) is 2.08. The molecule has 0 bridgehead atoms. The Morgan fingerprint density at radius 2 is 2.04 bits per heavy atom. The molecule has 1 aliphatic carbocycles. The van der Waals surface area contributed by atoms with E-state index in [2.05, 4.69) is 17.3 Å². The van der Waals surface area contributed by atoms with Crippen molar-refractivity contribution in [2.45, 2.75) is 51.6 Å². The van der Waals surface area contributed by atoms with E-state index < -0.39 is 0 Å². The molecule has 1 saturated carbocycles. The summed E-state index contributed by atoms with van der Waals surface area (Å²) in [6.45, 7) is 3.51. The van der Waals surface area contributed by atoms with Gasteiger partial charge in [0.2, 0.25) is 0 Å². The molecule has 25 heavy (non-hydrogen) atoms. The largest absolute Gasteiger partial charge is 0.469 e. The second kappa shape index (κ2) is 9.89. The van der Waals surface area contributed by atoms with E-state index in [1.54, 1.807) is 12.5 Å². The highest BCUT2D eigenvalue weighted by Crippen LogP contribution is 2.18. The molecular weight excluding hydrogens is 429 g/mol. The van der Waals surface area contributed by atoms with Gasteiger partial charge in [0.25, 0.3) is 0 Å². The average molecular weight is 457 g/mol. The molecule has 0 atom stereocenters. The van der Waals surface area contributed by atoms with Crippen LogP contribution in [0.1, 0.15) is 42.8 Å². The van der Waals surface area contributed by atoms with Crippen molar-refractivity contribution in [1.29, 1.82) is 0 Å². The predicted molar refractivity (Wildman–Crippen MR) is 110 cm³/mol. The Balaban J connectivity index is 0.00000225. The number of nitrogens with zero attached hydrogens (tertiary/aromatic N) is 2. The van der Waals surface area contributed by atoms with E-state index in [0.717, 1.165) is 37.0 Å². The molecule has 2 aromatic heterocycles. The molecule has 1 N–H and O–H groups in total. The van der Waals surface area contributed by atoms with Crippen molar-refractivity contribution in [3.8, 4) is 0 Å². The van der Waals surface area contributed by atoms with Gasteiger partial charge in [-0.25, -0.2) is 0 Å². The first kappa shape index (κ1) is 19.9. The van der Waals surface area contributed by atoms with Crippen molar-refractivity contribution in [1.82, 2.24) is 10.2 Å². The first-order chi connectivity index (χ1) is 11.7. The minimum Gasteiger partial charge on any atom is -0.469 e. The zero-order valence-electron chi connectivity index (χ0n) is 15.0. The number of rotatable bonds is 6. The molecule has 3 rings (SSSR count). The zero-order valence-corrected chi connectivity index (χ0v) is 17.4. The van der Waals surface area contributed by atoms with Gasteiger partial charge in [-0.1, -0.05) is 12.8 Å². The Kier molecular flexibility index (Phi) is 7.87. The third kappa shape index (κ3) is 5.80. The van der Waals surface area contributed by atoms with Crippen LogP contribution in [0.2, 0.25) is 0 Å². The number of nitrogens with one attached hydrogen (secondary N) is 1. The van der Waals surface area contributed by atoms with E-state index in [4.69, 9.17) is 13.8 Å². The number of aliphatic imine (C=N–C) groups is 1. The molecule has 1 aliphatic rings. The third-order valence-corrected chi connectivity index (χ3v) is 4.62. The van der Waals surface area contributed by atoms with E-state index >= 15 is 0 Å². The molecule has 0 aliphatic heterocycles. The fraction of sp³-hybridized carbons (Fsp3) is 0.526. The standard InChI is InChI=1S/C19H27N3O2.HI/c1-15-16(10-13-23-15)14-22(2)19(21-17-6-3-4-7-17)20-11-9-18-8-5-12-24-18;/h5,8,10,12-13,17H,3-4,6-7,9,11,14H2,1-2H3,(H,20,21);1H. The van der Waals surface area contributed by atoms with Crippen molar-refractivity contribution < 1.29 is 8.83 Å². The molecule has 2 heterocycles. The van der Waals surface area contributed by atoms with E-state index in [9.17, 15) is 0 Å². The molecule has 0 spiro atoms. The molecule has 1 fully saturated rings. The summed E-state index contributed by atoms with van der Waals surface area (Å²) >= 11 is 0. The van der Waals surface area contributed by atoms with Crippen molar-refractivity contribution >= 4 is 29.9 Å². The van der Waals surface area contributed by atoms with Gasteiger partial charge < -0.3 is 19.1 Å². The van der Waals surface area contributed by atoms with Crippen LogP contribution in [0.25, 0.3) is 0 Å². The molecule has 0 saturated heterocycles. The Bertz CT molecular complexity index is 645. The average Bonchev–Trinajstić information content (AvgIpc) is 3.31. The first-order valence-electron chi connectivity index (χ1n) is 8.80. The van der Waals surface area contributed by atoms with Crippen LogP contribution in [0.5, 0.6) is 0 Å². The third-order valence-electron chi connectivity index (χ3n) is 4.62. The number of furan rings is 2. The monoisotopic (exact) mass is 457 g/mol. The van der Waals surface area contributed by atoms with Gasteiger partial charge in [-0.3, -0.25) is 4.99 Å². The summed E-state index contributed by atoms with van der Waals surface area (Å²) in [4.78, 5) is 6.99. The van der Waals surface area contributed by atoms with Gasteiger partial charge in [-0.2, -0.15) is 0 Å². The highest BCUT2D eigenvalue weighted by atomic mass is 127. The lowest BCUT2D eigenvalue weighted by atomic mass is 10.2. The molecule has 5 nitrogen and oxygen atoms in total. The number of guanidine groups is 1. The zero-order chi connectivity index (χ0) is 16.8. The topological polar surface area (TPSA) is 53.9 Å². The summed E-state index contributed by atoms with van der Waals surface area (Å²) < 4.78 is 10.8. The SMILES string of the molecule is Cc1occc1CN(C)C(=NCCc1ccco1)NC1CCCC1.I. The Labute approximate surface area is 166 Å². The maximum atomic E-state index is 5.41. The van der Waals surface area contributed by atoms with Gasteiger partial charge in [-0.05, 0) is 38.0 Å². The lowest BCUT2D eigenvalue weighted by Crippen LogP contribution is -2.43. The Morgan fingerprint density at radius 3 is 2.68 bits per heavy atom. The highest BCUT2D eigenvalue weighted by Gasteiger charge is 2.18. The molecular formula is C19H28IN3O2. The minimum absolute atomic E-state index is 0. The molecule has 0 aromatic carbocycles. The van der Waals surface area contributed by atoms with Crippen LogP contribution >= 0.6 is 24.0 Å². The highest BCUT2D eigenvalue weighted by molar-refractivity contribution is 14.0. The second-order valence-corrected chi connectivity index (χ2v) is 6.52. The Morgan fingerprint density at radius 1 is 1.24 bits per heavy atom. The van der Waals surface area contributed by atoms with E-state index in [1.807, 2.05) is 25.1 Å². The molecule has 0 amide bonds. The summed E-state index contributed by atoms with van der Waals surface area (Å²) in [5.41, 5.74) is 1.20. The molecule has 138 valence electrons. The van der Waals surface area contributed by atoms with E-state index in [1.165, 1.54) is 31.2 Å². The smallest absolute Gasteiger partial charge is 0.194 e. The van der Waals surface area contributed by atoms with Crippen LogP contribution in [0.4, 0.5) is 0 Å². The van der Waals surface area contributed by atoms with Crippen molar-refractivity contribution in [2.75, 3.05) is 13.6 Å².